The number of thiophene rings is 1. The second-order valence-electron chi connectivity index (χ2n) is 7.35. The molecule has 1 heterocycles. The van der Waals surface area contributed by atoms with Crippen LogP contribution in [-0.2, 0) is 14.8 Å². The molecule has 0 unspecified atom stereocenters. The largest absolute Gasteiger partial charge is 0.287 e. The number of hydrogen-bond acceptors (Lipinski definition) is 5. The van der Waals surface area contributed by atoms with Crippen LogP contribution in [0.4, 0.5) is 0 Å². The van der Waals surface area contributed by atoms with Gasteiger partial charge in [-0.05, 0) is 30.2 Å². The van der Waals surface area contributed by atoms with Gasteiger partial charge in [0.25, 0.3) is 0 Å². The minimum Gasteiger partial charge on any atom is -0.287 e. The first-order valence-corrected chi connectivity index (χ1v) is 11.6. The molecule has 1 atom stereocenters. The third kappa shape index (κ3) is 6.17. The fourth-order valence-corrected chi connectivity index (χ4v) is 6.34. The standard InChI is InChI=1S/C17H27NO3S3/c1-17(2,3)23-15(19)12-14(13-8-5-4-6-9-13)18-24(20,21)16-10-7-11-22-16/h7,10-11,13-14,18H,4-6,8-9,12H2,1-3H3/t14-/m1/s1. The van der Waals surface area contributed by atoms with Crippen LogP contribution < -0.4 is 4.72 Å². The van der Waals surface area contributed by atoms with E-state index in [2.05, 4.69) is 4.72 Å². The molecule has 4 nitrogen and oxygen atoms in total. The SMILES string of the molecule is CC(C)(C)SC(=O)C[C@@H](NS(=O)(=O)c1cccs1)C1CCCCC1. The fraction of sp³-hybridized carbons (Fsp3) is 0.706. The molecule has 0 spiro atoms. The Morgan fingerprint density at radius 2 is 2.00 bits per heavy atom. The molecule has 1 aliphatic carbocycles. The maximum atomic E-state index is 12.6. The molecule has 1 fully saturated rings. The Bertz CT molecular complexity index is 627. The van der Waals surface area contributed by atoms with Crippen LogP contribution in [0.3, 0.4) is 0 Å². The first-order valence-electron chi connectivity index (χ1n) is 8.45. The number of rotatable bonds is 6. The van der Waals surface area contributed by atoms with E-state index >= 15 is 0 Å². The molecule has 0 aliphatic heterocycles. The minimum atomic E-state index is -3.55. The molecule has 0 bridgehead atoms. The highest BCUT2D eigenvalue weighted by molar-refractivity contribution is 8.14. The second kappa shape index (κ2) is 8.34. The number of carbonyl (C=O) groups excluding carboxylic acids is 1. The van der Waals surface area contributed by atoms with Gasteiger partial charge in [-0.15, -0.1) is 11.3 Å². The van der Waals surface area contributed by atoms with E-state index in [1.54, 1.807) is 17.5 Å². The van der Waals surface area contributed by atoms with Crippen LogP contribution >= 0.6 is 23.1 Å². The van der Waals surface area contributed by atoms with Crippen LogP contribution in [0.5, 0.6) is 0 Å². The van der Waals surface area contributed by atoms with E-state index in [-0.39, 0.29) is 28.2 Å². The van der Waals surface area contributed by atoms with E-state index in [1.165, 1.54) is 29.5 Å². The van der Waals surface area contributed by atoms with Crippen molar-refractivity contribution >= 4 is 38.2 Å². The van der Waals surface area contributed by atoms with Gasteiger partial charge in [-0.3, -0.25) is 4.79 Å². The molecule has 0 amide bonds. The Morgan fingerprint density at radius 3 is 2.54 bits per heavy atom. The average Bonchev–Trinajstić information content (AvgIpc) is 3.00. The fourth-order valence-electron chi connectivity index (χ4n) is 3.08. The van der Waals surface area contributed by atoms with Crippen molar-refractivity contribution in [2.45, 2.75) is 74.3 Å². The first-order chi connectivity index (χ1) is 11.2. The smallest absolute Gasteiger partial charge is 0.250 e. The molecule has 1 aromatic rings. The summed E-state index contributed by atoms with van der Waals surface area (Å²) >= 11 is 2.51. The maximum Gasteiger partial charge on any atom is 0.250 e. The predicted molar refractivity (Wildman–Crippen MR) is 102 cm³/mol. The van der Waals surface area contributed by atoms with Gasteiger partial charge >= 0.3 is 0 Å². The molecule has 24 heavy (non-hydrogen) atoms. The van der Waals surface area contributed by atoms with Crippen LogP contribution in [-0.4, -0.2) is 24.3 Å². The quantitative estimate of drug-likeness (QED) is 0.782. The zero-order valence-electron chi connectivity index (χ0n) is 14.6. The van der Waals surface area contributed by atoms with Gasteiger partial charge in [0.05, 0.1) is 0 Å². The monoisotopic (exact) mass is 389 g/mol. The van der Waals surface area contributed by atoms with E-state index < -0.39 is 10.0 Å². The topological polar surface area (TPSA) is 63.2 Å². The Morgan fingerprint density at radius 1 is 1.33 bits per heavy atom. The summed E-state index contributed by atoms with van der Waals surface area (Å²) in [6.07, 6.45) is 5.67. The summed E-state index contributed by atoms with van der Waals surface area (Å²) in [5, 5.41) is 1.82. The van der Waals surface area contributed by atoms with Crippen LogP contribution in [0.1, 0.15) is 59.3 Å². The van der Waals surface area contributed by atoms with E-state index in [4.69, 9.17) is 0 Å². The highest BCUT2D eigenvalue weighted by Gasteiger charge is 2.31. The summed E-state index contributed by atoms with van der Waals surface area (Å²) in [7, 11) is -3.55. The Labute approximate surface area is 153 Å². The summed E-state index contributed by atoms with van der Waals surface area (Å²) in [5.74, 6) is 0.248. The van der Waals surface area contributed by atoms with Gasteiger partial charge in [-0.2, -0.15) is 0 Å². The summed E-state index contributed by atoms with van der Waals surface area (Å²) in [4.78, 5) is 12.4. The summed E-state index contributed by atoms with van der Waals surface area (Å²) < 4.78 is 28.2. The van der Waals surface area contributed by atoms with Crippen molar-refractivity contribution in [3.8, 4) is 0 Å². The molecule has 0 aromatic carbocycles. The van der Waals surface area contributed by atoms with Gasteiger partial charge in [0.2, 0.25) is 10.0 Å². The van der Waals surface area contributed by atoms with Crippen LogP contribution in [0, 0.1) is 5.92 Å². The molecular weight excluding hydrogens is 362 g/mol. The third-order valence-corrected chi connectivity index (χ3v) is 7.99. The average molecular weight is 390 g/mol. The van der Waals surface area contributed by atoms with Gasteiger partial charge in [0, 0.05) is 17.2 Å². The van der Waals surface area contributed by atoms with E-state index in [1.807, 2.05) is 20.8 Å². The normalized spacial score (nSPS) is 18.5. The highest BCUT2D eigenvalue weighted by Crippen LogP contribution is 2.32. The van der Waals surface area contributed by atoms with Crippen molar-refractivity contribution < 1.29 is 13.2 Å². The molecule has 1 N–H and O–H groups in total. The lowest BCUT2D eigenvalue weighted by Gasteiger charge is -2.30. The molecule has 7 heteroatoms. The molecule has 0 saturated heterocycles. The maximum absolute atomic E-state index is 12.6. The zero-order valence-corrected chi connectivity index (χ0v) is 17.0. The van der Waals surface area contributed by atoms with Crippen molar-refractivity contribution in [3.63, 3.8) is 0 Å². The lowest BCUT2D eigenvalue weighted by atomic mass is 9.83. The Hall–Kier alpha value is -0.370. The zero-order chi connectivity index (χ0) is 17.8. The van der Waals surface area contributed by atoms with E-state index in [0.717, 1.165) is 25.7 Å². The van der Waals surface area contributed by atoms with Crippen molar-refractivity contribution in [3.05, 3.63) is 17.5 Å². The van der Waals surface area contributed by atoms with Crippen LogP contribution in [0.2, 0.25) is 0 Å². The number of carbonyl (C=O) groups is 1. The van der Waals surface area contributed by atoms with Crippen molar-refractivity contribution in [1.82, 2.24) is 4.72 Å². The highest BCUT2D eigenvalue weighted by atomic mass is 32.2. The molecule has 136 valence electrons. The van der Waals surface area contributed by atoms with Gasteiger partial charge in [0.15, 0.2) is 5.12 Å². The minimum absolute atomic E-state index is 0.0620. The summed E-state index contributed by atoms with van der Waals surface area (Å²) in [5.41, 5.74) is 0. The van der Waals surface area contributed by atoms with Gasteiger partial charge in [-0.1, -0.05) is 57.9 Å². The van der Waals surface area contributed by atoms with E-state index in [0.29, 0.717) is 4.21 Å². The summed E-state index contributed by atoms with van der Waals surface area (Å²) in [6.45, 7) is 6.00. The second-order valence-corrected chi connectivity index (χ2v) is 12.1. The van der Waals surface area contributed by atoms with Gasteiger partial charge in [0.1, 0.15) is 4.21 Å². The summed E-state index contributed by atoms with van der Waals surface area (Å²) in [6, 6.07) is 3.03. The lowest BCUT2D eigenvalue weighted by Crippen LogP contribution is -2.42. The van der Waals surface area contributed by atoms with Crippen LogP contribution in [0.25, 0.3) is 0 Å². The van der Waals surface area contributed by atoms with Crippen molar-refractivity contribution in [2.24, 2.45) is 5.92 Å². The van der Waals surface area contributed by atoms with Crippen molar-refractivity contribution in [2.75, 3.05) is 0 Å². The number of sulfonamides is 1. The lowest BCUT2D eigenvalue weighted by molar-refractivity contribution is -0.111. The van der Waals surface area contributed by atoms with Gasteiger partial charge < -0.3 is 0 Å². The van der Waals surface area contributed by atoms with E-state index in [9.17, 15) is 13.2 Å². The number of hydrogen-bond donors (Lipinski definition) is 1. The van der Waals surface area contributed by atoms with Crippen LogP contribution in [0.15, 0.2) is 21.7 Å². The molecule has 1 aliphatic rings. The number of nitrogens with one attached hydrogen (secondary N) is 1. The number of thioether (sulfide) groups is 1. The first kappa shape index (κ1) is 19.9. The molecular formula is C17H27NO3S3. The molecule has 1 aromatic heterocycles. The molecule has 2 rings (SSSR count). The van der Waals surface area contributed by atoms with Crippen molar-refractivity contribution in [1.29, 1.82) is 0 Å². The predicted octanol–water partition coefficient (Wildman–Crippen LogP) is 4.42. The Kier molecular flexibility index (Phi) is 6.93. The molecule has 0 radical (unpaired) electrons. The third-order valence-electron chi connectivity index (χ3n) is 4.09. The van der Waals surface area contributed by atoms with Gasteiger partial charge in [-0.25, -0.2) is 13.1 Å². The Balaban J connectivity index is 2.12. The molecule has 1 saturated carbocycles.